The lowest BCUT2D eigenvalue weighted by Gasteiger charge is -2.32. The first-order valence-electron chi connectivity index (χ1n) is 10.2. The molecule has 0 spiro atoms. The van der Waals surface area contributed by atoms with Crippen LogP contribution in [0.5, 0.6) is 0 Å². The average molecular weight is 392 g/mol. The van der Waals surface area contributed by atoms with Gasteiger partial charge in [-0.3, -0.25) is 0 Å². The predicted octanol–water partition coefficient (Wildman–Crippen LogP) is 6.51. The van der Waals surface area contributed by atoms with Crippen molar-refractivity contribution in [2.75, 3.05) is 0 Å². The first kappa shape index (κ1) is 19.7. The van der Waals surface area contributed by atoms with Gasteiger partial charge in [0.1, 0.15) is 0 Å². The summed E-state index contributed by atoms with van der Waals surface area (Å²) in [7, 11) is -0.314. The molecule has 0 N–H and O–H groups in total. The molecular weight excluding hydrogens is 363 g/mol. The van der Waals surface area contributed by atoms with Gasteiger partial charge in [-0.1, -0.05) is 42.5 Å². The summed E-state index contributed by atoms with van der Waals surface area (Å²) in [6, 6.07) is 13.1. The predicted molar refractivity (Wildman–Crippen MR) is 119 cm³/mol. The van der Waals surface area contributed by atoms with Gasteiger partial charge in [0.05, 0.1) is 11.2 Å². The maximum absolute atomic E-state index is 6.28. The van der Waals surface area contributed by atoms with E-state index in [1.807, 2.05) is 0 Å². The maximum atomic E-state index is 6.28. The van der Waals surface area contributed by atoms with Gasteiger partial charge in [-0.2, -0.15) is 11.3 Å². The molecule has 146 valence electrons. The van der Waals surface area contributed by atoms with Crippen LogP contribution in [0.25, 0.3) is 5.57 Å². The van der Waals surface area contributed by atoms with Crippen molar-refractivity contribution in [3.8, 4) is 0 Å². The molecule has 1 saturated heterocycles. The summed E-state index contributed by atoms with van der Waals surface area (Å²) < 4.78 is 12.6. The first-order valence-corrected chi connectivity index (χ1v) is 11.1. The number of rotatable bonds is 4. The van der Waals surface area contributed by atoms with Gasteiger partial charge in [0.2, 0.25) is 0 Å². The third-order valence-corrected chi connectivity index (χ3v) is 7.12. The summed E-state index contributed by atoms with van der Waals surface area (Å²) >= 11 is 1.74. The van der Waals surface area contributed by atoms with Crippen molar-refractivity contribution in [3.63, 3.8) is 0 Å². The van der Waals surface area contributed by atoms with E-state index in [2.05, 4.69) is 93.0 Å². The van der Waals surface area contributed by atoms with Crippen molar-refractivity contribution < 1.29 is 9.31 Å². The Bertz CT molecular complexity index is 836. The lowest BCUT2D eigenvalue weighted by atomic mass is 9.74. The lowest BCUT2D eigenvalue weighted by molar-refractivity contribution is 0.00578. The van der Waals surface area contributed by atoms with Gasteiger partial charge in [0.15, 0.2) is 0 Å². The van der Waals surface area contributed by atoms with E-state index < -0.39 is 0 Å². The topological polar surface area (TPSA) is 18.5 Å². The number of hydrogen-bond acceptors (Lipinski definition) is 3. The molecule has 0 amide bonds. The van der Waals surface area contributed by atoms with Gasteiger partial charge in [0.25, 0.3) is 0 Å². The number of allylic oxidation sites excluding steroid dienone is 3. The molecule has 1 aliphatic carbocycles. The SMILES string of the molecule is CC1(C)OB(/C=C(/c2ccsc2)[C@@H]2C=CC[C@@H](c3ccccc3)C2)OC1(C)C. The van der Waals surface area contributed by atoms with Gasteiger partial charge in [-0.15, -0.1) is 0 Å². The molecule has 0 unspecified atom stereocenters. The van der Waals surface area contributed by atoms with E-state index in [-0.39, 0.29) is 18.3 Å². The molecule has 1 aliphatic heterocycles. The van der Waals surface area contributed by atoms with Crippen LogP contribution in [0, 0.1) is 5.92 Å². The Morgan fingerprint density at radius 2 is 1.79 bits per heavy atom. The summed E-state index contributed by atoms with van der Waals surface area (Å²) in [5.41, 5.74) is 3.39. The highest BCUT2D eigenvalue weighted by molar-refractivity contribution is 7.08. The molecule has 1 aromatic carbocycles. The van der Waals surface area contributed by atoms with Crippen LogP contribution < -0.4 is 0 Å². The average Bonchev–Trinajstić information content (AvgIpc) is 3.27. The van der Waals surface area contributed by atoms with Crippen molar-refractivity contribution in [2.45, 2.75) is 57.7 Å². The second-order valence-electron chi connectivity index (χ2n) is 8.87. The zero-order valence-electron chi connectivity index (χ0n) is 17.2. The summed E-state index contributed by atoms with van der Waals surface area (Å²) in [4.78, 5) is 0. The van der Waals surface area contributed by atoms with Crippen molar-refractivity contribution >= 4 is 24.0 Å². The van der Waals surface area contributed by atoms with Crippen molar-refractivity contribution in [1.29, 1.82) is 0 Å². The fourth-order valence-electron chi connectivity index (χ4n) is 4.08. The van der Waals surface area contributed by atoms with Crippen LogP contribution in [0.1, 0.15) is 57.6 Å². The highest BCUT2D eigenvalue weighted by atomic mass is 32.1. The van der Waals surface area contributed by atoms with Crippen LogP contribution in [-0.4, -0.2) is 18.3 Å². The zero-order valence-corrected chi connectivity index (χ0v) is 18.0. The van der Waals surface area contributed by atoms with E-state index in [1.165, 1.54) is 16.7 Å². The Balaban J connectivity index is 1.63. The van der Waals surface area contributed by atoms with E-state index in [1.54, 1.807) is 11.3 Å². The van der Waals surface area contributed by atoms with Gasteiger partial charge in [-0.25, -0.2) is 0 Å². The molecule has 0 bridgehead atoms. The molecule has 2 aromatic rings. The van der Waals surface area contributed by atoms with Crippen LogP contribution in [0.3, 0.4) is 0 Å². The summed E-state index contributed by atoms with van der Waals surface area (Å²) in [5.74, 6) is 3.13. The normalized spacial score (nSPS) is 26.6. The lowest BCUT2D eigenvalue weighted by Crippen LogP contribution is -2.41. The largest absolute Gasteiger partial charge is 0.487 e. The van der Waals surface area contributed by atoms with E-state index in [9.17, 15) is 0 Å². The van der Waals surface area contributed by atoms with Crippen LogP contribution in [-0.2, 0) is 9.31 Å². The third kappa shape index (κ3) is 3.91. The Labute approximate surface area is 173 Å². The smallest absolute Gasteiger partial charge is 0.400 e. The molecule has 2 nitrogen and oxygen atoms in total. The quantitative estimate of drug-likeness (QED) is 0.436. The maximum Gasteiger partial charge on any atom is 0.487 e. The standard InChI is InChI=1S/C24H29BO2S/c1-23(2)24(3,4)27-25(26-23)16-22(21-13-14-28-17-21)20-12-8-11-19(15-20)18-9-6-5-7-10-18/h5-10,12-14,16-17,19-20H,11,15H2,1-4H3/b22-16+/t19-,20-/m1/s1. The number of thiophene rings is 1. The molecule has 28 heavy (non-hydrogen) atoms. The van der Waals surface area contributed by atoms with Crippen LogP contribution in [0.2, 0.25) is 0 Å². The molecule has 0 saturated carbocycles. The highest BCUT2D eigenvalue weighted by Crippen LogP contribution is 2.42. The van der Waals surface area contributed by atoms with Gasteiger partial charge in [-0.05, 0) is 86.0 Å². The minimum absolute atomic E-state index is 0.314. The summed E-state index contributed by atoms with van der Waals surface area (Å²) in [5, 5.41) is 4.38. The molecular formula is C24H29BO2S. The zero-order chi connectivity index (χ0) is 19.8. The summed E-state index contributed by atoms with van der Waals surface area (Å²) in [6.45, 7) is 8.43. The third-order valence-electron chi connectivity index (χ3n) is 6.44. The Morgan fingerprint density at radius 1 is 1.07 bits per heavy atom. The van der Waals surface area contributed by atoms with E-state index >= 15 is 0 Å². The van der Waals surface area contributed by atoms with Crippen LogP contribution in [0.4, 0.5) is 0 Å². The second-order valence-corrected chi connectivity index (χ2v) is 9.65. The minimum Gasteiger partial charge on any atom is -0.400 e. The van der Waals surface area contributed by atoms with Crippen LogP contribution >= 0.6 is 11.3 Å². The Morgan fingerprint density at radius 3 is 2.43 bits per heavy atom. The van der Waals surface area contributed by atoms with Gasteiger partial charge >= 0.3 is 7.12 Å². The fourth-order valence-corrected chi connectivity index (χ4v) is 4.75. The van der Waals surface area contributed by atoms with Crippen molar-refractivity contribution in [2.24, 2.45) is 5.92 Å². The number of hydrogen-bond donors (Lipinski definition) is 0. The van der Waals surface area contributed by atoms with Crippen LogP contribution in [0.15, 0.2) is 65.3 Å². The van der Waals surface area contributed by atoms with Crippen molar-refractivity contribution in [3.05, 3.63) is 76.4 Å². The second kappa shape index (κ2) is 7.66. The Hall–Kier alpha value is -1.62. The van der Waals surface area contributed by atoms with Gasteiger partial charge < -0.3 is 9.31 Å². The molecule has 2 heterocycles. The highest BCUT2D eigenvalue weighted by Gasteiger charge is 2.50. The van der Waals surface area contributed by atoms with E-state index in [4.69, 9.17) is 9.31 Å². The molecule has 1 aromatic heterocycles. The number of benzene rings is 1. The minimum atomic E-state index is -0.317. The fraction of sp³-hybridized carbons (Fsp3) is 0.417. The van der Waals surface area contributed by atoms with Crippen molar-refractivity contribution in [1.82, 2.24) is 0 Å². The molecule has 2 atom stereocenters. The Kier molecular flexibility index (Phi) is 5.39. The molecule has 1 fully saturated rings. The first-order chi connectivity index (χ1) is 13.4. The van der Waals surface area contributed by atoms with E-state index in [0.717, 1.165) is 12.8 Å². The monoisotopic (exact) mass is 392 g/mol. The molecule has 4 rings (SSSR count). The summed E-state index contributed by atoms with van der Waals surface area (Å²) in [6.07, 6.45) is 6.93. The molecule has 4 heteroatoms. The molecule has 0 radical (unpaired) electrons. The molecule has 2 aliphatic rings. The van der Waals surface area contributed by atoms with E-state index in [0.29, 0.717) is 11.8 Å². The van der Waals surface area contributed by atoms with Gasteiger partial charge in [0, 0.05) is 5.92 Å².